The van der Waals surface area contributed by atoms with Gasteiger partial charge in [0.2, 0.25) is 11.8 Å². The minimum Gasteiger partial charge on any atom is -0.411 e. The second kappa shape index (κ2) is 9.73. The SMILES string of the molecule is O=C(CSc1nnc(-c2ccc(Cl)cc2)o1)Nc1cc(Cl)ccc1N1CCCCC1. The minimum atomic E-state index is -0.160. The number of amides is 1. The highest BCUT2D eigenvalue weighted by Crippen LogP contribution is 2.32. The molecule has 6 nitrogen and oxygen atoms in total. The van der Waals surface area contributed by atoms with E-state index in [1.807, 2.05) is 12.1 Å². The summed E-state index contributed by atoms with van der Waals surface area (Å²) in [6, 6.07) is 12.7. The maximum atomic E-state index is 12.5. The van der Waals surface area contributed by atoms with Crippen molar-refractivity contribution in [3.8, 4) is 11.5 Å². The van der Waals surface area contributed by atoms with Gasteiger partial charge < -0.3 is 14.6 Å². The molecular formula is C21H20Cl2N4O2S. The maximum absolute atomic E-state index is 12.5. The first kappa shape index (κ1) is 21.0. The Hall–Kier alpha value is -2.22. The van der Waals surface area contributed by atoms with Crippen molar-refractivity contribution in [1.82, 2.24) is 10.2 Å². The molecule has 0 atom stereocenters. The number of aromatic nitrogens is 2. The van der Waals surface area contributed by atoms with Crippen LogP contribution < -0.4 is 10.2 Å². The smallest absolute Gasteiger partial charge is 0.277 e. The van der Waals surface area contributed by atoms with E-state index in [0.29, 0.717) is 21.2 Å². The number of piperidine rings is 1. The minimum absolute atomic E-state index is 0.147. The molecule has 9 heteroatoms. The molecule has 2 aromatic carbocycles. The fraction of sp³-hybridized carbons (Fsp3) is 0.286. The third-order valence-corrected chi connectivity index (χ3v) is 6.06. The molecule has 1 N–H and O–H groups in total. The van der Waals surface area contributed by atoms with Gasteiger partial charge in [-0.15, -0.1) is 10.2 Å². The molecular weight excluding hydrogens is 443 g/mol. The topological polar surface area (TPSA) is 71.3 Å². The van der Waals surface area contributed by atoms with Gasteiger partial charge in [0.15, 0.2) is 0 Å². The van der Waals surface area contributed by atoms with Crippen LogP contribution in [0.15, 0.2) is 52.1 Å². The first-order valence-electron chi connectivity index (χ1n) is 9.65. The predicted octanol–water partition coefficient (Wildman–Crippen LogP) is 5.76. The molecule has 1 aromatic heterocycles. The molecule has 0 bridgehead atoms. The standard InChI is InChI=1S/C21H20Cl2N4O2S/c22-15-6-4-14(5-7-15)20-25-26-21(29-20)30-13-19(28)24-17-12-16(23)8-9-18(17)27-10-2-1-3-11-27/h4-9,12H,1-3,10-11,13H2,(H,24,28). The molecule has 1 aliphatic heterocycles. The van der Waals surface area contributed by atoms with Crippen LogP contribution in [0, 0.1) is 0 Å². The van der Waals surface area contributed by atoms with Gasteiger partial charge in [-0.3, -0.25) is 4.79 Å². The number of carbonyl (C=O) groups is 1. The number of rotatable bonds is 6. The molecule has 0 saturated carbocycles. The van der Waals surface area contributed by atoms with Crippen molar-refractivity contribution in [3.05, 3.63) is 52.5 Å². The van der Waals surface area contributed by atoms with E-state index in [2.05, 4.69) is 20.4 Å². The Morgan fingerprint density at radius 3 is 2.53 bits per heavy atom. The van der Waals surface area contributed by atoms with E-state index in [-0.39, 0.29) is 11.7 Å². The Bertz CT molecular complexity index is 1020. The monoisotopic (exact) mass is 462 g/mol. The Balaban J connectivity index is 1.38. The number of carbonyl (C=O) groups excluding carboxylic acids is 1. The van der Waals surface area contributed by atoms with Crippen molar-refractivity contribution in [3.63, 3.8) is 0 Å². The number of thioether (sulfide) groups is 1. The molecule has 0 aliphatic carbocycles. The molecule has 1 fully saturated rings. The summed E-state index contributed by atoms with van der Waals surface area (Å²) in [7, 11) is 0. The highest BCUT2D eigenvalue weighted by molar-refractivity contribution is 7.99. The summed E-state index contributed by atoms with van der Waals surface area (Å²) in [5.74, 6) is 0.373. The molecule has 1 amide bonds. The van der Waals surface area contributed by atoms with Crippen LogP contribution in [0.2, 0.25) is 10.0 Å². The van der Waals surface area contributed by atoms with Gasteiger partial charge in [-0.1, -0.05) is 35.0 Å². The number of hydrogen-bond acceptors (Lipinski definition) is 6. The summed E-state index contributed by atoms with van der Waals surface area (Å²) >= 11 is 13.3. The van der Waals surface area contributed by atoms with Gasteiger partial charge in [0.25, 0.3) is 5.22 Å². The van der Waals surface area contributed by atoms with Crippen molar-refractivity contribution < 1.29 is 9.21 Å². The number of nitrogens with zero attached hydrogens (tertiary/aromatic N) is 3. The van der Waals surface area contributed by atoms with E-state index in [1.54, 1.807) is 30.3 Å². The van der Waals surface area contributed by atoms with Crippen molar-refractivity contribution in [1.29, 1.82) is 0 Å². The highest BCUT2D eigenvalue weighted by atomic mass is 35.5. The lowest BCUT2D eigenvalue weighted by Crippen LogP contribution is -2.30. The van der Waals surface area contributed by atoms with Crippen LogP contribution in [0.3, 0.4) is 0 Å². The first-order valence-corrected chi connectivity index (χ1v) is 11.4. The van der Waals surface area contributed by atoms with Gasteiger partial charge in [0, 0.05) is 28.7 Å². The van der Waals surface area contributed by atoms with Crippen molar-refractivity contribution in [2.24, 2.45) is 0 Å². The lowest BCUT2D eigenvalue weighted by Gasteiger charge is -2.30. The molecule has 30 heavy (non-hydrogen) atoms. The summed E-state index contributed by atoms with van der Waals surface area (Å²) < 4.78 is 5.64. The molecule has 4 rings (SSSR count). The maximum Gasteiger partial charge on any atom is 0.277 e. The van der Waals surface area contributed by atoms with Crippen LogP contribution in [0.4, 0.5) is 11.4 Å². The van der Waals surface area contributed by atoms with Gasteiger partial charge >= 0.3 is 0 Å². The summed E-state index contributed by atoms with van der Waals surface area (Å²) in [4.78, 5) is 14.8. The number of anilines is 2. The lowest BCUT2D eigenvalue weighted by molar-refractivity contribution is -0.113. The largest absolute Gasteiger partial charge is 0.411 e. The van der Waals surface area contributed by atoms with E-state index in [9.17, 15) is 4.79 Å². The third-order valence-electron chi connectivity index (χ3n) is 4.75. The Kier molecular flexibility index (Phi) is 6.82. The summed E-state index contributed by atoms with van der Waals surface area (Å²) in [6.07, 6.45) is 3.54. The highest BCUT2D eigenvalue weighted by Gasteiger charge is 2.17. The molecule has 0 spiro atoms. The number of benzene rings is 2. The van der Waals surface area contributed by atoms with Crippen LogP contribution in [-0.4, -0.2) is 34.9 Å². The molecule has 1 aliphatic rings. The zero-order chi connectivity index (χ0) is 20.9. The zero-order valence-electron chi connectivity index (χ0n) is 16.1. The summed E-state index contributed by atoms with van der Waals surface area (Å²) in [6.45, 7) is 1.96. The quantitative estimate of drug-likeness (QED) is 0.469. The lowest BCUT2D eigenvalue weighted by atomic mass is 10.1. The van der Waals surface area contributed by atoms with E-state index in [1.165, 1.54) is 18.2 Å². The first-order chi connectivity index (χ1) is 14.6. The predicted molar refractivity (Wildman–Crippen MR) is 122 cm³/mol. The van der Waals surface area contributed by atoms with Crippen LogP contribution in [0.25, 0.3) is 11.5 Å². The van der Waals surface area contributed by atoms with E-state index >= 15 is 0 Å². The molecule has 0 radical (unpaired) electrons. The molecule has 156 valence electrons. The number of halogens is 2. The van der Waals surface area contributed by atoms with Crippen molar-refractivity contribution in [2.75, 3.05) is 29.1 Å². The van der Waals surface area contributed by atoms with Crippen LogP contribution in [0.5, 0.6) is 0 Å². The second-order valence-corrected chi connectivity index (χ2v) is 8.73. The van der Waals surface area contributed by atoms with Crippen LogP contribution >= 0.6 is 35.0 Å². The van der Waals surface area contributed by atoms with Gasteiger partial charge in [-0.25, -0.2) is 0 Å². The fourth-order valence-corrected chi connectivity index (χ4v) is 4.17. The number of nitrogens with one attached hydrogen (secondary N) is 1. The number of hydrogen-bond donors (Lipinski definition) is 1. The van der Waals surface area contributed by atoms with Crippen molar-refractivity contribution in [2.45, 2.75) is 24.5 Å². The Morgan fingerprint density at radius 1 is 1.03 bits per heavy atom. The Labute approximate surface area is 188 Å². The van der Waals surface area contributed by atoms with Gasteiger partial charge in [-0.05, 0) is 61.7 Å². The molecule has 0 unspecified atom stereocenters. The average molecular weight is 463 g/mol. The van der Waals surface area contributed by atoms with E-state index < -0.39 is 0 Å². The van der Waals surface area contributed by atoms with Crippen LogP contribution in [-0.2, 0) is 4.79 Å². The van der Waals surface area contributed by atoms with Crippen LogP contribution in [0.1, 0.15) is 19.3 Å². The second-order valence-electron chi connectivity index (χ2n) is 6.93. The molecule has 3 aromatic rings. The van der Waals surface area contributed by atoms with Gasteiger partial charge in [-0.2, -0.15) is 0 Å². The zero-order valence-corrected chi connectivity index (χ0v) is 18.4. The van der Waals surface area contributed by atoms with E-state index in [4.69, 9.17) is 27.6 Å². The van der Waals surface area contributed by atoms with Gasteiger partial charge in [0.05, 0.1) is 17.1 Å². The Morgan fingerprint density at radius 2 is 1.77 bits per heavy atom. The normalized spacial score (nSPS) is 14.0. The average Bonchev–Trinajstić information content (AvgIpc) is 3.23. The summed E-state index contributed by atoms with van der Waals surface area (Å²) in [5, 5.41) is 12.6. The van der Waals surface area contributed by atoms with E-state index in [0.717, 1.165) is 42.9 Å². The van der Waals surface area contributed by atoms with Gasteiger partial charge in [0.1, 0.15) is 0 Å². The third kappa shape index (κ3) is 5.28. The summed E-state index contributed by atoms with van der Waals surface area (Å²) in [5.41, 5.74) is 2.50. The van der Waals surface area contributed by atoms with Crippen molar-refractivity contribution >= 4 is 52.2 Å². The molecule has 2 heterocycles. The molecule has 1 saturated heterocycles. The fourth-order valence-electron chi connectivity index (χ4n) is 3.31.